The maximum atomic E-state index is 13.2. The Morgan fingerprint density at radius 2 is 1.50 bits per heavy atom. The summed E-state index contributed by atoms with van der Waals surface area (Å²) in [5, 5.41) is 14.2. The van der Waals surface area contributed by atoms with E-state index in [4.69, 9.17) is 9.47 Å². The van der Waals surface area contributed by atoms with E-state index in [1.54, 1.807) is 54.6 Å². The third-order valence-corrected chi connectivity index (χ3v) is 7.31. The second-order valence-corrected chi connectivity index (χ2v) is 9.74. The molecule has 0 spiro atoms. The molecule has 1 saturated heterocycles. The van der Waals surface area contributed by atoms with E-state index >= 15 is 0 Å². The minimum absolute atomic E-state index is 0.210. The molecular formula is C30H31FN2O5. The third-order valence-electron chi connectivity index (χ3n) is 7.31. The van der Waals surface area contributed by atoms with Gasteiger partial charge < -0.3 is 19.9 Å². The fraction of sp³-hybridized carbons (Fsp3) is 0.333. The normalized spacial score (nSPS) is 17.4. The van der Waals surface area contributed by atoms with E-state index in [-0.39, 0.29) is 17.4 Å². The van der Waals surface area contributed by atoms with Gasteiger partial charge in [0.2, 0.25) is 5.78 Å². The SMILES string of the molecule is C[C@@H]([C@@H](NC(=O)C(=O)c1ccc(-c2ccc(F)cc2)cc1)[C@H](O)c1ccc2c(c1)OCCO2)N1CCCC1. The average Bonchev–Trinajstić information content (AvgIpc) is 3.50. The van der Waals surface area contributed by atoms with Crippen LogP contribution in [0.25, 0.3) is 11.1 Å². The summed E-state index contributed by atoms with van der Waals surface area (Å²) in [4.78, 5) is 28.4. The Kier molecular flexibility index (Phi) is 7.72. The van der Waals surface area contributed by atoms with E-state index in [1.807, 2.05) is 6.92 Å². The molecule has 0 radical (unpaired) electrons. The molecule has 2 N–H and O–H groups in total. The fourth-order valence-electron chi connectivity index (χ4n) is 5.09. The lowest BCUT2D eigenvalue weighted by molar-refractivity contribution is -0.119. The van der Waals surface area contributed by atoms with Gasteiger partial charge in [-0.3, -0.25) is 14.5 Å². The number of aliphatic hydroxyl groups excluding tert-OH is 1. The lowest BCUT2D eigenvalue weighted by atomic mass is 9.95. The number of hydrogen-bond donors (Lipinski definition) is 2. The van der Waals surface area contributed by atoms with E-state index < -0.39 is 23.8 Å². The summed E-state index contributed by atoms with van der Waals surface area (Å²) in [5.74, 6) is -0.646. The number of rotatable bonds is 8. The molecule has 1 amide bonds. The number of hydrogen-bond acceptors (Lipinski definition) is 6. The number of halogens is 1. The Balaban J connectivity index is 1.34. The highest BCUT2D eigenvalue weighted by molar-refractivity contribution is 6.42. The predicted octanol–water partition coefficient (Wildman–Crippen LogP) is 4.15. The van der Waals surface area contributed by atoms with Gasteiger partial charge in [0.05, 0.1) is 6.04 Å². The van der Waals surface area contributed by atoms with E-state index in [9.17, 15) is 19.1 Å². The zero-order valence-electron chi connectivity index (χ0n) is 21.2. The first-order valence-corrected chi connectivity index (χ1v) is 12.9. The fourth-order valence-corrected chi connectivity index (χ4v) is 5.09. The molecule has 0 aromatic heterocycles. The van der Waals surface area contributed by atoms with Crippen LogP contribution in [0.2, 0.25) is 0 Å². The Morgan fingerprint density at radius 3 is 2.16 bits per heavy atom. The molecule has 198 valence electrons. The molecule has 3 aromatic rings. The smallest absolute Gasteiger partial charge is 0.292 e. The molecule has 0 saturated carbocycles. The molecule has 0 bridgehead atoms. The number of ether oxygens (including phenoxy) is 2. The molecule has 0 unspecified atom stereocenters. The first-order valence-electron chi connectivity index (χ1n) is 12.9. The van der Waals surface area contributed by atoms with Crippen LogP contribution >= 0.6 is 0 Å². The zero-order chi connectivity index (χ0) is 26.6. The van der Waals surface area contributed by atoms with Gasteiger partial charge >= 0.3 is 0 Å². The predicted molar refractivity (Wildman–Crippen MR) is 141 cm³/mol. The lowest BCUT2D eigenvalue weighted by Crippen LogP contribution is -2.54. The van der Waals surface area contributed by atoms with Crippen LogP contribution in [0.3, 0.4) is 0 Å². The summed E-state index contributed by atoms with van der Waals surface area (Å²) in [5.41, 5.74) is 2.41. The molecule has 2 aliphatic rings. The van der Waals surface area contributed by atoms with Gasteiger partial charge in [0.25, 0.3) is 5.91 Å². The minimum atomic E-state index is -1.07. The van der Waals surface area contributed by atoms with Crippen molar-refractivity contribution in [2.24, 2.45) is 0 Å². The van der Waals surface area contributed by atoms with Crippen molar-refractivity contribution in [3.63, 3.8) is 0 Å². The largest absolute Gasteiger partial charge is 0.486 e. The number of nitrogens with one attached hydrogen (secondary N) is 1. The van der Waals surface area contributed by atoms with Crippen molar-refractivity contribution in [3.8, 4) is 22.6 Å². The number of aliphatic hydroxyl groups is 1. The Bertz CT molecular complexity index is 1290. The van der Waals surface area contributed by atoms with Gasteiger partial charge in [-0.15, -0.1) is 0 Å². The number of ketones is 1. The van der Waals surface area contributed by atoms with Crippen LogP contribution in [0.5, 0.6) is 11.5 Å². The number of fused-ring (bicyclic) bond motifs is 1. The number of Topliss-reactive ketones (excluding diaryl/α,β-unsaturated/α-hetero) is 1. The van der Waals surface area contributed by atoms with Crippen molar-refractivity contribution in [3.05, 3.63) is 83.7 Å². The molecule has 7 nitrogen and oxygen atoms in total. The van der Waals surface area contributed by atoms with Crippen molar-refractivity contribution in [1.82, 2.24) is 10.2 Å². The maximum Gasteiger partial charge on any atom is 0.292 e. The van der Waals surface area contributed by atoms with Crippen LogP contribution in [0, 0.1) is 5.82 Å². The van der Waals surface area contributed by atoms with Gasteiger partial charge in [-0.05, 0) is 73.8 Å². The van der Waals surface area contributed by atoms with Crippen molar-refractivity contribution in [1.29, 1.82) is 0 Å². The van der Waals surface area contributed by atoms with E-state index in [2.05, 4.69) is 10.2 Å². The minimum Gasteiger partial charge on any atom is -0.486 e. The van der Waals surface area contributed by atoms with Gasteiger partial charge in [0.1, 0.15) is 25.1 Å². The van der Waals surface area contributed by atoms with Gasteiger partial charge in [-0.25, -0.2) is 4.39 Å². The van der Waals surface area contributed by atoms with Crippen molar-refractivity contribution in [2.45, 2.75) is 38.0 Å². The average molecular weight is 519 g/mol. The Hall–Kier alpha value is -3.75. The number of benzene rings is 3. The molecular weight excluding hydrogens is 487 g/mol. The van der Waals surface area contributed by atoms with Crippen LogP contribution in [0.1, 0.15) is 41.8 Å². The molecule has 3 atom stereocenters. The Labute approximate surface area is 221 Å². The van der Waals surface area contributed by atoms with Crippen LogP contribution in [-0.2, 0) is 4.79 Å². The second kappa shape index (κ2) is 11.3. The third kappa shape index (κ3) is 5.56. The number of carbonyl (C=O) groups is 2. The monoisotopic (exact) mass is 518 g/mol. The number of nitrogens with zero attached hydrogens (tertiary/aromatic N) is 1. The van der Waals surface area contributed by atoms with Crippen LogP contribution in [-0.4, -0.2) is 60.1 Å². The summed E-state index contributed by atoms with van der Waals surface area (Å²) in [6.07, 6.45) is 1.02. The van der Waals surface area contributed by atoms with Crippen molar-refractivity contribution < 1.29 is 28.6 Å². The highest BCUT2D eigenvalue weighted by atomic mass is 19.1. The van der Waals surface area contributed by atoms with E-state index in [0.717, 1.165) is 37.1 Å². The second-order valence-electron chi connectivity index (χ2n) is 9.74. The van der Waals surface area contributed by atoms with Crippen LogP contribution in [0.4, 0.5) is 4.39 Å². The van der Waals surface area contributed by atoms with Gasteiger partial charge in [-0.1, -0.05) is 42.5 Å². The van der Waals surface area contributed by atoms with E-state index in [1.165, 1.54) is 12.1 Å². The first-order chi connectivity index (χ1) is 18.4. The van der Waals surface area contributed by atoms with Gasteiger partial charge in [0, 0.05) is 11.6 Å². The quantitative estimate of drug-likeness (QED) is 0.344. The molecule has 38 heavy (non-hydrogen) atoms. The molecule has 0 aliphatic carbocycles. The molecule has 8 heteroatoms. The highest BCUT2D eigenvalue weighted by Gasteiger charge is 2.35. The lowest BCUT2D eigenvalue weighted by Gasteiger charge is -2.35. The standard InChI is InChI=1S/C30H31FN2O5/c1-19(33-14-2-3-15-33)27(28(34)23-10-13-25-26(18-23)38-17-16-37-25)32-30(36)29(35)22-6-4-20(5-7-22)21-8-11-24(31)12-9-21/h4-13,18-19,27-28,34H,2-3,14-17H2,1H3,(H,32,36)/t19-,27+,28+/m0/s1. The molecule has 2 aliphatic heterocycles. The summed E-state index contributed by atoms with van der Waals surface area (Å²) in [7, 11) is 0. The summed E-state index contributed by atoms with van der Waals surface area (Å²) < 4.78 is 24.5. The Morgan fingerprint density at radius 1 is 0.895 bits per heavy atom. The van der Waals surface area contributed by atoms with E-state index in [0.29, 0.717) is 30.3 Å². The first kappa shape index (κ1) is 25.9. The van der Waals surface area contributed by atoms with Crippen LogP contribution < -0.4 is 14.8 Å². The molecule has 3 aromatic carbocycles. The molecule has 1 fully saturated rings. The number of carbonyl (C=O) groups excluding carboxylic acids is 2. The summed E-state index contributed by atoms with van der Waals surface area (Å²) in [6.45, 7) is 4.57. The van der Waals surface area contributed by atoms with Crippen molar-refractivity contribution >= 4 is 11.7 Å². The molecule has 5 rings (SSSR count). The van der Waals surface area contributed by atoms with Crippen molar-refractivity contribution in [2.75, 3.05) is 26.3 Å². The zero-order valence-corrected chi connectivity index (χ0v) is 21.2. The molecule has 2 heterocycles. The van der Waals surface area contributed by atoms with Gasteiger partial charge in [-0.2, -0.15) is 0 Å². The summed E-state index contributed by atoms with van der Waals surface area (Å²) in [6, 6.07) is 17.0. The highest BCUT2D eigenvalue weighted by Crippen LogP contribution is 2.34. The topological polar surface area (TPSA) is 88.1 Å². The summed E-state index contributed by atoms with van der Waals surface area (Å²) >= 11 is 0. The number of likely N-dealkylation sites (tertiary alicyclic amines) is 1. The number of amides is 1. The maximum absolute atomic E-state index is 13.2. The van der Waals surface area contributed by atoms with Gasteiger partial charge in [0.15, 0.2) is 11.5 Å². The van der Waals surface area contributed by atoms with Crippen LogP contribution in [0.15, 0.2) is 66.7 Å².